The average Bonchev–Trinajstić information content (AvgIpc) is 2.87. The first-order chi connectivity index (χ1) is 16.1. The zero-order chi connectivity index (χ0) is 23.5. The van der Waals surface area contributed by atoms with Crippen LogP contribution in [0.1, 0.15) is 77.6 Å². The molecular weight excluding hydrogens is 416 g/mol. The topological polar surface area (TPSA) is 61.8 Å². The van der Waals surface area contributed by atoms with Gasteiger partial charge in [0.2, 0.25) is 0 Å². The third-order valence-corrected chi connectivity index (χ3v) is 7.50. The Balaban J connectivity index is 1.32. The lowest BCUT2D eigenvalue weighted by atomic mass is 9.69. The quantitative estimate of drug-likeness (QED) is 0.165. The van der Waals surface area contributed by atoms with Gasteiger partial charge in [-0.25, -0.2) is 4.79 Å². The van der Waals surface area contributed by atoms with Gasteiger partial charge in [-0.05, 0) is 93.4 Å². The van der Waals surface area contributed by atoms with E-state index in [1.807, 2.05) is 12.1 Å². The van der Waals surface area contributed by atoms with Gasteiger partial charge >= 0.3 is 11.9 Å². The summed E-state index contributed by atoms with van der Waals surface area (Å²) in [6.45, 7) is 6.58. The highest BCUT2D eigenvalue weighted by Gasteiger charge is 2.33. The third kappa shape index (κ3) is 8.21. The van der Waals surface area contributed by atoms with E-state index in [-0.39, 0.29) is 11.9 Å². The highest BCUT2D eigenvalue weighted by molar-refractivity contribution is 5.81. The summed E-state index contributed by atoms with van der Waals surface area (Å²) in [5.74, 6) is 3.46. The van der Waals surface area contributed by atoms with Gasteiger partial charge in [0.05, 0.1) is 19.1 Å². The minimum absolute atomic E-state index is 0.0272. The summed E-state index contributed by atoms with van der Waals surface area (Å²) >= 11 is 0. The van der Waals surface area contributed by atoms with Crippen molar-refractivity contribution in [3.05, 3.63) is 36.9 Å². The molecule has 0 aliphatic heterocycles. The van der Waals surface area contributed by atoms with Crippen LogP contribution in [0.2, 0.25) is 0 Å². The van der Waals surface area contributed by atoms with E-state index in [9.17, 15) is 9.59 Å². The summed E-state index contributed by atoms with van der Waals surface area (Å²) in [5, 5.41) is 0. The van der Waals surface area contributed by atoms with Crippen LogP contribution in [0.15, 0.2) is 36.9 Å². The summed E-state index contributed by atoms with van der Waals surface area (Å²) in [4.78, 5) is 23.6. The Kier molecular flexibility index (Phi) is 10.3. The fourth-order valence-electron chi connectivity index (χ4n) is 5.32. The van der Waals surface area contributed by atoms with Crippen molar-refractivity contribution in [3.8, 4) is 11.5 Å². The molecule has 1 aromatic carbocycles. The van der Waals surface area contributed by atoms with Crippen molar-refractivity contribution >= 4 is 11.9 Å². The summed E-state index contributed by atoms with van der Waals surface area (Å²) in [5.41, 5.74) is 0. The molecule has 0 aromatic heterocycles. The largest absolute Gasteiger partial charge is 0.494 e. The maximum absolute atomic E-state index is 12.7. The zero-order valence-corrected chi connectivity index (χ0v) is 20.1. The van der Waals surface area contributed by atoms with E-state index in [1.54, 1.807) is 12.1 Å². The summed E-state index contributed by atoms with van der Waals surface area (Å²) in [6, 6.07) is 7.22. The van der Waals surface area contributed by atoms with Crippen LogP contribution in [-0.2, 0) is 14.3 Å². The average molecular weight is 457 g/mol. The molecular formula is C28H40O5. The predicted molar refractivity (Wildman–Crippen MR) is 129 cm³/mol. The van der Waals surface area contributed by atoms with Crippen molar-refractivity contribution in [2.75, 3.05) is 13.2 Å². The van der Waals surface area contributed by atoms with E-state index < -0.39 is 5.97 Å². The van der Waals surface area contributed by atoms with Gasteiger partial charge in [0.25, 0.3) is 0 Å². The predicted octanol–water partition coefficient (Wildman–Crippen LogP) is 6.50. The van der Waals surface area contributed by atoms with Crippen molar-refractivity contribution < 1.29 is 23.8 Å². The second-order valence-electron chi connectivity index (χ2n) is 9.62. The van der Waals surface area contributed by atoms with Crippen LogP contribution in [-0.4, -0.2) is 25.2 Å². The third-order valence-electron chi connectivity index (χ3n) is 7.50. The maximum Gasteiger partial charge on any atom is 0.330 e. The molecule has 2 saturated carbocycles. The van der Waals surface area contributed by atoms with Crippen LogP contribution in [0.5, 0.6) is 11.5 Å². The Morgan fingerprint density at radius 2 is 1.45 bits per heavy atom. The number of ether oxygens (including phenoxy) is 3. The number of rotatable bonds is 11. The van der Waals surface area contributed by atoms with Crippen LogP contribution >= 0.6 is 0 Å². The Bertz CT molecular complexity index is 740. The highest BCUT2D eigenvalue weighted by Crippen LogP contribution is 2.42. The smallest absolute Gasteiger partial charge is 0.330 e. The number of carbonyl (C=O) groups is 2. The molecule has 1 aromatic rings. The van der Waals surface area contributed by atoms with Gasteiger partial charge in [0, 0.05) is 6.08 Å². The van der Waals surface area contributed by atoms with Gasteiger partial charge in [-0.2, -0.15) is 0 Å². The van der Waals surface area contributed by atoms with Crippen LogP contribution < -0.4 is 9.47 Å². The number of hydrogen-bond donors (Lipinski definition) is 0. The molecule has 2 fully saturated rings. The zero-order valence-electron chi connectivity index (χ0n) is 20.1. The molecule has 0 bridgehead atoms. The van der Waals surface area contributed by atoms with Crippen molar-refractivity contribution in [1.82, 2.24) is 0 Å². The first-order valence-electron chi connectivity index (χ1n) is 12.8. The monoisotopic (exact) mass is 456 g/mol. The molecule has 5 heteroatoms. The van der Waals surface area contributed by atoms with Gasteiger partial charge in [-0.15, -0.1) is 0 Å². The van der Waals surface area contributed by atoms with E-state index in [0.29, 0.717) is 19.0 Å². The number of carbonyl (C=O) groups excluding carboxylic acids is 2. The molecule has 0 atom stereocenters. The maximum atomic E-state index is 12.7. The molecule has 0 unspecified atom stereocenters. The lowest BCUT2D eigenvalue weighted by molar-refractivity contribution is -0.140. The molecule has 0 spiro atoms. The van der Waals surface area contributed by atoms with E-state index in [2.05, 4.69) is 13.5 Å². The number of esters is 2. The molecule has 0 amide bonds. The van der Waals surface area contributed by atoms with E-state index in [4.69, 9.17) is 14.2 Å². The fraction of sp³-hybridized carbons (Fsp3) is 0.643. The first kappa shape index (κ1) is 25.3. The first-order valence-corrected chi connectivity index (χ1v) is 12.8. The van der Waals surface area contributed by atoms with E-state index >= 15 is 0 Å². The minimum Gasteiger partial charge on any atom is -0.494 e. The molecule has 0 radical (unpaired) electrons. The van der Waals surface area contributed by atoms with Gasteiger partial charge in [0.15, 0.2) is 0 Å². The van der Waals surface area contributed by atoms with Gasteiger partial charge < -0.3 is 14.2 Å². The van der Waals surface area contributed by atoms with Crippen LogP contribution in [0.25, 0.3) is 0 Å². The van der Waals surface area contributed by atoms with Crippen LogP contribution in [0.4, 0.5) is 0 Å². The second kappa shape index (κ2) is 13.4. The van der Waals surface area contributed by atoms with Gasteiger partial charge in [-0.1, -0.05) is 32.8 Å². The van der Waals surface area contributed by atoms with Crippen molar-refractivity contribution in [3.63, 3.8) is 0 Å². The molecule has 3 rings (SSSR count). The van der Waals surface area contributed by atoms with Gasteiger partial charge in [-0.3, -0.25) is 4.79 Å². The van der Waals surface area contributed by atoms with Crippen LogP contribution in [0.3, 0.4) is 0 Å². The molecule has 0 saturated heterocycles. The summed E-state index contributed by atoms with van der Waals surface area (Å²) in [6.07, 6.45) is 13.8. The standard InChI is InChI=1S/C28H40O5/c1-3-21-7-9-22(10-8-21)23-11-13-24(14-12-23)28(30)33-26-17-15-25(16-18-26)31-19-5-6-20-32-27(29)4-2/h4,15-18,21-24H,2-3,5-14,19-20H2,1H3. The van der Waals surface area contributed by atoms with E-state index in [1.165, 1.54) is 44.9 Å². The van der Waals surface area contributed by atoms with Crippen molar-refractivity contribution in [2.45, 2.75) is 77.6 Å². The van der Waals surface area contributed by atoms with Crippen molar-refractivity contribution in [2.24, 2.45) is 23.7 Å². The lowest BCUT2D eigenvalue weighted by Gasteiger charge is -2.37. The molecule has 2 aliphatic rings. The second-order valence-corrected chi connectivity index (χ2v) is 9.62. The molecule has 182 valence electrons. The minimum atomic E-state index is -0.400. The summed E-state index contributed by atoms with van der Waals surface area (Å²) in [7, 11) is 0. The Labute approximate surface area is 198 Å². The number of unbranched alkanes of at least 4 members (excludes halogenated alkanes) is 1. The molecule has 5 nitrogen and oxygen atoms in total. The highest BCUT2D eigenvalue weighted by atomic mass is 16.5. The molecule has 2 aliphatic carbocycles. The van der Waals surface area contributed by atoms with Crippen molar-refractivity contribution in [1.29, 1.82) is 0 Å². The number of benzene rings is 1. The fourth-order valence-corrected chi connectivity index (χ4v) is 5.32. The normalized spacial score (nSPS) is 25.1. The van der Waals surface area contributed by atoms with Gasteiger partial charge in [0.1, 0.15) is 11.5 Å². The molecule has 33 heavy (non-hydrogen) atoms. The SMILES string of the molecule is C=CC(=O)OCCCCOc1ccc(OC(=O)C2CCC(C3CCC(CC)CC3)CC2)cc1. The molecule has 0 heterocycles. The lowest BCUT2D eigenvalue weighted by Crippen LogP contribution is -2.30. The van der Waals surface area contributed by atoms with E-state index in [0.717, 1.165) is 55.3 Å². The van der Waals surface area contributed by atoms with Crippen LogP contribution in [0, 0.1) is 23.7 Å². The Morgan fingerprint density at radius 1 is 0.879 bits per heavy atom. The number of hydrogen-bond acceptors (Lipinski definition) is 5. The summed E-state index contributed by atoms with van der Waals surface area (Å²) < 4.78 is 16.3. The molecule has 0 N–H and O–H groups in total. The Hall–Kier alpha value is -2.30. The Morgan fingerprint density at radius 3 is 2.06 bits per heavy atom.